The van der Waals surface area contributed by atoms with Gasteiger partial charge in [0.15, 0.2) is 0 Å². The zero-order chi connectivity index (χ0) is 23.7. The van der Waals surface area contributed by atoms with Crippen molar-refractivity contribution in [3.63, 3.8) is 0 Å². The van der Waals surface area contributed by atoms with E-state index in [4.69, 9.17) is 4.74 Å². The predicted molar refractivity (Wildman–Crippen MR) is 132 cm³/mol. The summed E-state index contributed by atoms with van der Waals surface area (Å²) in [5.41, 5.74) is 3.55. The van der Waals surface area contributed by atoms with Crippen molar-refractivity contribution in [1.29, 1.82) is 0 Å². The van der Waals surface area contributed by atoms with Gasteiger partial charge in [-0.3, -0.25) is 4.79 Å². The number of aromatic nitrogens is 4. The average Bonchev–Trinajstić information content (AvgIpc) is 2.85. The van der Waals surface area contributed by atoms with Crippen LogP contribution in [0.25, 0.3) is 27.8 Å². The van der Waals surface area contributed by atoms with E-state index in [2.05, 4.69) is 20.4 Å². The monoisotopic (exact) mass is 457 g/mol. The van der Waals surface area contributed by atoms with Gasteiger partial charge in [-0.25, -0.2) is 9.97 Å². The molecule has 2 N–H and O–H groups in total. The molecule has 2 aromatic carbocycles. The highest BCUT2D eigenvalue weighted by Crippen LogP contribution is 2.31. The molecule has 2 heterocycles. The summed E-state index contributed by atoms with van der Waals surface area (Å²) in [4.78, 5) is 21.8. The van der Waals surface area contributed by atoms with Crippen molar-refractivity contribution in [2.24, 2.45) is 0 Å². The third-order valence-corrected chi connectivity index (χ3v) is 6.45. The Bertz CT molecular complexity index is 1380. The van der Waals surface area contributed by atoms with Crippen molar-refractivity contribution in [2.75, 3.05) is 12.4 Å². The van der Waals surface area contributed by atoms with Gasteiger partial charge in [-0.15, -0.1) is 0 Å². The van der Waals surface area contributed by atoms with Crippen LogP contribution in [0.15, 0.2) is 59.8 Å². The molecule has 2 aromatic heterocycles. The summed E-state index contributed by atoms with van der Waals surface area (Å²) >= 11 is 0. The third-order valence-electron chi connectivity index (χ3n) is 6.45. The number of fused-ring (bicyclic) bond motifs is 1. The highest BCUT2D eigenvalue weighted by molar-refractivity contribution is 5.87. The van der Waals surface area contributed by atoms with Gasteiger partial charge in [0.05, 0.1) is 42.9 Å². The minimum atomic E-state index is -0.275. The molecule has 34 heavy (non-hydrogen) atoms. The van der Waals surface area contributed by atoms with Crippen LogP contribution in [0.5, 0.6) is 5.75 Å². The number of nitrogens with one attached hydrogen (secondary N) is 1. The van der Waals surface area contributed by atoms with Crippen LogP contribution in [0.4, 0.5) is 5.69 Å². The number of nitrogens with zero attached hydrogens (tertiary/aromatic N) is 4. The normalized spacial score (nSPS) is 18.1. The van der Waals surface area contributed by atoms with Crippen LogP contribution in [0.2, 0.25) is 0 Å². The van der Waals surface area contributed by atoms with E-state index in [0.717, 1.165) is 52.8 Å². The molecule has 0 radical (unpaired) electrons. The molecule has 1 aliphatic rings. The number of ether oxygens (including phenoxy) is 1. The van der Waals surface area contributed by atoms with E-state index in [1.165, 1.54) is 4.68 Å². The maximum Gasteiger partial charge on any atom is 0.282 e. The predicted octanol–water partition coefficient (Wildman–Crippen LogP) is 3.88. The molecule has 174 valence electrons. The van der Waals surface area contributed by atoms with Crippen LogP contribution in [-0.2, 0) is 0 Å². The molecule has 2 unspecified atom stereocenters. The van der Waals surface area contributed by atoms with Crippen molar-refractivity contribution >= 4 is 16.5 Å². The van der Waals surface area contributed by atoms with Gasteiger partial charge in [0.1, 0.15) is 5.75 Å². The molecule has 1 saturated carbocycles. The molecular formula is C26H27N5O3. The highest BCUT2D eigenvalue weighted by Gasteiger charge is 2.20. The minimum Gasteiger partial charge on any atom is -0.496 e. The SMILES string of the molecule is COc1cccc(-c2ccc3c(=O)n(-c4ncc(NC5CCCC(O)C5)cn4)ncc3c2)c1C. The first-order valence-electron chi connectivity index (χ1n) is 11.5. The molecule has 8 nitrogen and oxygen atoms in total. The first-order chi connectivity index (χ1) is 16.5. The fraction of sp³-hybridized carbons (Fsp3) is 0.308. The smallest absolute Gasteiger partial charge is 0.282 e. The van der Waals surface area contributed by atoms with E-state index < -0.39 is 0 Å². The number of methoxy groups -OCH3 is 1. The van der Waals surface area contributed by atoms with Gasteiger partial charge in [0.25, 0.3) is 11.5 Å². The summed E-state index contributed by atoms with van der Waals surface area (Å²) in [7, 11) is 1.66. The summed E-state index contributed by atoms with van der Waals surface area (Å²) in [6.45, 7) is 2.01. The van der Waals surface area contributed by atoms with Crippen molar-refractivity contribution in [3.05, 3.63) is 70.9 Å². The molecule has 2 atom stereocenters. The van der Waals surface area contributed by atoms with Gasteiger partial charge in [-0.2, -0.15) is 9.78 Å². The van der Waals surface area contributed by atoms with Crippen LogP contribution < -0.4 is 15.6 Å². The molecular weight excluding hydrogens is 430 g/mol. The molecule has 0 aliphatic heterocycles. The quantitative estimate of drug-likeness (QED) is 0.469. The number of anilines is 1. The van der Waals surface area contributed by atoms with E-state index in [1.54, 1.807) is 25.7 Å². The first-order valence-corrected chi connectivity index (χ1v) is 11.5. The standard InChI is InChI=1S/C26H27N5O3/c1-16-22(7-4-8-24(16)34-2)17-9-10-23-18(11-17)13-29-31(25(23)33)26-27-14-20(15-28-26)30-19-5-3-6-21(32)12-19/h4,7-11,13-15,19,21,30,32H,3,5-6,12H2,1-2H3. The van der Waals surface area contributed by atoms with Gasteiger partial charge in [-0.1, -0.05) is 18.2 Å². The first kappa shape index (κ1) is 22.0. The molecule has 4 aromatic rings. The summed E-state index contributed by atoms with van der Waals surface area (Å²) in [6.07, 6.45) is 8.26. The lowest BCUT2D eigenvalue weighted by Crippen LogP contribution is -2.30. The minimum absolute atomic E-state index is 0.196. The van der Waals surface area contributed by atoms with Gasteiger partial charge >= 0.3 is 0 Å². The Morgan fingerprint density at radius 1 is 1.12 bits per heavy atom. The van der Waals surface area contributed by atoms with E-state index >= 15 is 0 Å². The van der Waals surface area contributed by atoms with Gasteiger partial charge < -0.3 is 15.2 Å². The molecule has 1 aliphatic carbocycles. The van der Waals surface area contributed by atoms with Crippen LogP contribution in [0.3, 0.4) is 0 Å². The van der Waals surface area contributed by atoms with E-state index in [1.807, 2.05) is 43.3 Å². The van der Waals surface area contributed by atoms with E-state index in [0.29, 0.717) is 11.8 Å². The third kappa shape index (κ3) is 4.24. The second kappa shape index (κ2) is 9.23. The van der Waals surface area contributed by atoms with Crippen molar-refractivity contribution in [2.45, 2.75) is 44.8 Å². The molecule has 8 heteroatoms. The molecule has 0 saturated heterocycles. The number of hydrogen-bond acceptors (Lipinski definition) is 7. The summed E-state index contributed by atoms with van der Waals surface area (Å²) in [5.74, 6) is 1.04. The van der Waals surface area contributed by atoms with Crippen LogP contribution in [-0.4, -0.2) is 44.1 Å². The Balaban J connectivity index is 1.42. The fourth-order valence-electron chi connectivity index (χ4n) is 4.65. The number of rotatable bonds is 5. The maximum atomic E-state index is 13.1. The van der Waals surface area contributed by atoms with Crippen molar-refractivity contribution in [1.82, 2.24) is 19.7 Å². The number of hydrogen-bond donors (Lipinski definition) is 2. The Labute approximate surface area is 197 Å². The average molecular weight is 458 g/mol. The van der Waals surface area contributed by atoms with Crippen molar-refractivity contribution in [3.8, 4) is 22.8 Å². The Hall–Kier alpha value is -3.78. The largest absolute Gasteiger partial charge is 0.496 e. The number of aliphatic hydroxyl groups is 1. The number of aliphatic hydroxyl groups excluding tert-OH is 1. The second-order valence-electron chi connectivity index (χ2n) is 8.73. The molecule has 1 fully saturated rings. The number of benzene rings is 2. The van der Waals surface area contributed by atoms with Gasteiger partial charge in [0.2, 0.25) is 0 Å². The van der Waals surface area contributed by atoms with E-state index in [-0.39, 0.29) is 23.7 Å². The summed E-state index contributed by atoms with van der Waals surface area (Å²) in [5, 5.41) is 18.8. The Morgan fingerprint density at radius 3 is 2.71 bits per heavy atom. The molecule has 0 spiro atoms. The fourth-order valence-corrected chi connectivity index (χ4v) is 4.65. The zero-order valence-corrected chi connectivity index (χ0v) is 19.2. The second-order valence-corrected chi connectivity index (χ2v) is 8.73. The molecule has 5 rings (SSSR count). The van der Waals surface area contributed by atoms with Gasteiger partial charge in [0, 0.05) is 11.4 Å². The summed E-state index contributed by atoms with van der Waals surface area (Å²) in [6, 6.07) is 11.8. The van der Waals surface area contributed by atoms with Crippen LogP contribution in [0, 0.1) is 6.92 Å². The Morgan fingerprint density at radius 2 is 1.94 bits per heavy atom. The lowest BCUT2D eigenvalue weighted by molar-refractivity contribution is 0.124. The molecule has 0 bridgehead atoms. The van der Waals surface area contributed by atoms with Crippen molar-refractivity contribution < 1.29 is 9.84 Å². The molecule has 0 amide bonds. The summed E-state index contributed by atoms with van der Waals surface area (Å²) < 4.78 is 6.65. The van der Waals surface area contributed by atoms with Crippen LogP contribution >= 0.6 is 0 Å². The zero-order valence-electron chi connectivity index (χ0n) is 19.2. The van der Waals surface area contributed by atoms with Crippen LogP contribution in [0.1, 0.15) is 31.2 Å². The Kier molecular flexibility index (Phi) is 5.98. The topological polar surface area (TPSA) is 102 Å². The van der Waals surface area contributed by atoms with Gasteiger partial charge in [-0.05, 0) is 67.5 Å². The van der Waals surface area contributed by atoms with E-state index in [9.17, 15) is 9.90 Å². The highest BCUT2D eigenvalue weighted by atomic mass is 16.5. The lowest BCUT2D eigenvalue weighted by Gasteiger charge is -2.27. The lowest BCUT2D eigenvalue weighted by atomic mass is 9.93. The maximum absolute atomic E-state index is 13.1.